The predicted molar refractivity (Wildman–Crippen MR) is 140 cm³/mol. The molecule has 34 heavy (non-hydrogen) atoms. The highest BCUT2D eigenvalue weighted by Gasteiger charge is 2.34. The largest absolute Gasteiger partial charge is 0.369 e. The van der Waals surface area contributed by atoms with Gasteiger partial charge in [-0.3, -0.25) is 14.5 Å². The van der Waals surface area contributed by atoms with E-state index in [2.05, 4.69) is 76.5 Å². The molecule has 0 spiro atoms. The first kappa shape index (κ1) is 22.0. The summed E-state index contributed by atoms with van der Waals surface area (Å²) in [5.41, 5.74) is 6.10. The number of nitrogens with zero attached hydrogens (tertiary/aromatic N) is 6. The first-order valence-electron chi connectivity index (χ1n) is 12.6. The van der Waals surface area contributed by atoms with Crippen LogP contribution in [0.15, 0.2) is 29.3 Å². The molecule has 0 amide bonds. The van der Waals surface area contributed by atoms with Crippen LogP contribution in [0, 0.1) is 32.6 Å². The van der Waals surface area contributed by atoms with Crippen LogP contribution >= 0.6 is 11.3 Å². The lowest BCUT2D eigenvalue weighted by Crippen LogP contribution is -2.47. The lowest BCUT2D eigenvalue weighted by atomic mass is 9.99. The molecule has 178 valence electrons. The maximum atomic E-state index is 5.19. The molecule has 3 aromatic rings. The Morgan fingerprint density at radius 3 is 2.35 bits per heavy atom. The molecule has 2 unspecified atom stereocenters. The summed E-state index contributed by atoms with van der Waals surface area (Å²) in [6.07, 6.45) is 1.42. The van der Waals surface area contributed by atoms with E-state index in [1.165, 1.54) is 58.3 Å². The summed E-state index contributed by atoms with van der Waals surface area (Å²) in [6.45, 7) is 16.8. The van der Waals surface area contributed by atoms with Crippen molar-refractivity contribution in [3.8, 4) is 5.00 Å². The molecule has 6 nitrogen and oxygen atoms in total. The second-order valence-corrected chi connectivity index (χ2v) is 11.6. The zero-order valence-corrected chi connectivity index (χ0v) is 21.7. The number of aryl methyl sites for hydroxylation is 2. The molecule has 0 N–H and O–H groups in total. The summed E-state index contributed by atoms with van der Waals surface area (Å²) >= 11 is 1.82. The van der Waals surface area contributed by atoms with Crippen LogP contribution in [0.4, 0.5) is 5.69 Å². The van der Waals surface area contributed by atoms with Crippen molar-refractivity contribution in [3.05, 3.63) is 57.5 Å². The van der Waals surface area contributed by atoms with E-state index in [-0.39, 0.29) is 6.04 Å². The third-order valence-electron chi connectivity index (χ3n) is 8.00. The molecule has 3 aliphatic rings. The SMILES string of the molecule is Cc1sc2c(c1C)C(c1ccc(N3CCN(CC4CC4C)CC3)cc1)=N[C@@H](C)c1nnc(C)n1-2. The Morgan fingerprint density at radius 1 is 0.971 bits per heavy atom. The van der Waals surface area contributed by atoms with Gasteiger partial charge in [-0.1, -0.05) is 19.1 Å². The Kier molecular flexibility index (Phi) is 5.37. The molecular formula is C27H34N6S. The molecule has 4 heterocycles. The Morgan fingerprint density at radius 2 is 1.68 bits per heavy atom. The molecule has 6 rings (SSSR count). The first-order chi connectivity index (χ1) is 16.4. The third-order valence-corrected chi connectivity index (χ3v) is 9.19. The second kappa shape index (κ2) is 8.31. The maximum Gasteiger partial charge on any atom is 0.162 e. The summed E-state index contributed by atoms with van der Waals surface area (Å²) in [5.74, 6) is 3.73. The number of piperazine rings is 1. The molecule has 2 aliphatic heterocycles. The van der Waals surface area contributed by atoms with Crippen LogP contribution in [0.5, 0.6) is 0 Å². The summed E-state index contributed by atoms with van der Waals surface area (Å²) in [4.78, 5) is 11.7. The van der Waals surface area contributed by atoms with Gasteiger partial charge in [0.15, 0.2) is 5.82 Å². The van der Waals surface area contributed by atoms with E-state index >= 15 is 0 Å². The fourth-order valence-corrected chi connectivity index (χ4v) is 6.70. The van der Waals surface area contributed by atoms with Crippen LogP contribution in [0.1, 0.15) is 59.5 Å². The molecule has 0 radical (unpaired) electrons. The van der Waals surface area contributed by atoms with Gasteiger partial charge >= 0.3 is 0 Å². The number of rotatable bonds is 4. The molecule has 0 bridgehead atoms. The summed E-state index contributed by atoms with van der Waals surface area (Å²) < 4.78 is 2.21. The van der Waals surface area contributed by atoms with Gasteiger partial charge in [0.25, 0.3) is 0 Å². The number of benzene rings is 1. The van der Waals surface area contributed by atoms with Crippen LogP contribution in [-0.4, -0.2) is 58.1 Å². The van der Waals surface area contributed by atoms with Crippen molar-refractivity contribution in [2.45, 2.75) is 47.1 Å². The number of fused-ring (bicyclic) bond motifs is 3. The fraction of sp³-hybridized carbons (Fsp3) is 0.519. The molecule has 7 heteroatoms. The second-order valence-electron chi connectivity index (χ2n) is 10.4. The van der Waals surface area contributed by atoms with Crippen LogP contribution in [-0.2, 0) is 0 Å². The smallest absolute Gasteiger partial charge is 0.162 e. The van der Waals surface area contributed by atoms with Crippen molar-refractivity contribution in [1.82, 2.24) is 19.7 Å². The Hall–Kier alpha value is -2.51. The molecule has 2 fully saturated rings. The average Bonchev–Trinajstić information content (AvgIpc) is 3.30. The van der Waals surface area contributed by atoms with Gasteiger partial charge in [-0.25, -0.2) is 0 Å². The number of hydrogen-bond donors (Lipinski definition) is 0. The van der Waals surface area contributed by atoms with E-state index in [1.807, 2.05) is 18.3 Å². The molecule has 2 aromatic heterocycles. The third kappa shape index (κ3) is 3.69. The van der Waals surface area contributed by atoms with Gasteiger partial charge in [0.05, 0.1) is 5.71 Å². The van der Waals surface area contributed by atoms with E-state index in [0.717, 1.165) is 42.3 Å². The minimum Gasteiger partial charge on any atom is -0.369 e. The van der Waals surface area contributed by atoms with Crippen LogP contribution < -0.4 is 4.90 Å². The van der Waals surface area contributed by atoms with Crippen molar-refractivity contribution < 1.29 is 0 Å². The normalized spacial score (nSPS) is 24.4. The van der Waals surface area contributed by atoms with Gasteiger partial charge in [-0.15, -0.1) is 21.5 Å². The van der Waals surface area contributed by atoms with Crippen molar-refractivity contribution >= 4 is 22.7 Å². The van der Waals surface area contributed by atoms with E-state index in [1.54, 1.807) is 0 Å². The highest BCUT2D eigenvalue weighted by atomic mass is 32.1. The highest BCUT2D eigenvalue weighted by molar-refractivity contribution is 7.15. The van der Waals surface area contributed by atoms with E-state index in [0.29, 0.717) is 0 Å². The zero-order chi connectivity index (χ0) is 23.6. The molecule has 1 saturated heterocycles. The average molecular weight is 475 g/mol. The fourth-order valence-electron chi connectivity index (χ4n) is 5.48. The molecular weight excluding hydrogens is 440 g/mol. The van der Waals surface area contributed by atoms with E-state index in [9.17, 15) is 0 Å². The van der Waals surface area contributed by atoms with Gasteiger partial charge in [0, 0.05) is 54.4 Å². The van der Waals surface area contributed by atoms with Crippen LogP contribution in [0.2, 0.25) is 0 Å². The quantitative estimate of drug-likeness (QED) is 0.537. The minimum atomic E-state index is -0.0440. The molecule has 1 aliphatic carbocycles. The van der Waals surface area contributed by atoms with Crippen molar-refractivity contribution in [3.63, 3.8) is 0 Å². The van der Waals surface area contributed by atoms with E-state index in [4.69, 9.17) is 4.99 Å². The highest BCUT2D eigenvalue weighted by Crippen LogP contribution is 2.39. The number of thiophene rings is 1. The first-order valence-corrected chi connectivity index (χ1v) is 13.4. The lowest BCUT2D eigenvalue weighted by molar-refractivity contribution is 0.244. The topological polar surface area (TPSA) is 49.6 Å². The Balaban J connectivity index is 1.27. The van der Waals surface area contributed by atoms with Gasteiger partial charge in [0.2, 0.25) is 0 Å². The van der Waals surface area contributed by atoms with Gasteiger partial charge in [0.1, 0.15) is 16.9 Å². The minimum absolute atomic E-state index is 0.0440. The lowest BCUT2D eigenvalue weighted by Gasteiger charge is -2.36. The van der Waals surface area contributed by atoms with Gasteiger partial charge in [-0.05, 0) is 63.6 Å². The standard InChI is InChI=1S/C27H34N6S/c1-16-14-22(16)15-31-10-12-32(13-11-31)23-8-6-21(7-9-23)25-24-17(2)19(4)34-27(24)33-20(5)29-30-26(33)18(3)28-25/h6-9,16,18,22H,10-15H2,1-5H3/t16?,18-,22?/m0/s1. The molecule has 1 saturated carbocycles. The van der Waals surface area contributed by atoms with Crippen molar-refractivity contribution in [2.75, 3.05) is 37.6 Å². The number of aromatic nitrogens is 3. The predicted octanol–water partition coefficient (Wildman–Crippen LogP) is 4.94. The summed E-state index contributed by atoms with van der Waals surface area (Å²) in [5, 5.41) is 10.0. The molecule has 1 aromatic carbocycles. The zero-order valence-electron chi connectivity index (χ0n) is 20.9. The molecule has 3 atom stereocenters. The monoisotopic (exact) mass is 474 g/mol. The Bertz CT molecular complexity index is 1240. The summed E-state index contributed by atoms with van der Waals surface area (Å²) in [6, 6.07) is 9.04. The van der Waals surface area contributed by atoms with Gasteiger partial charge < -0.3 is 4.90 Å². The van der Waals surface area contributed by atoms with Crippen LogP contribution in [0.3, 0.4) is 0 Å². The van der Waals surface area contributed by atoms with Crippen molar-refractivity contribution in [1.29, 1.82) is 0 Å². The maximum absolute atomic E-state index is 5.19. The van der Waals surface area contributed by atoms with Crippen LogP contribution in [0.25, 0.3) is 5.00 Å². The Labute approximate surface area is 206 Å². The number of anilines is 1. The van der Waals surface area contributed by atoms with E-state index < -0.39 is 0 Å². The number of hydrogen-bond acceptors (Lipinski definition) is 6. The number of aliphatic imine (C=N–C) groups is 1. The van der Waals surface area contributed by atoms with Gasteiger partial charge in [-0.2, -0.15) is 0 Å². The van der Waals surface area contributed by atoms with Crippen molar-refractivity contribution in [2.24, 2.45) is 16.8 Å². The summed E-state index contributed by atoms with van der Waals surface area (Å²) in [7, 11) is 0.